The van der Waals surface area contributed by atoms with Gasteiger partial charge in [-0.2, -0.15) is 5.10 Å². The number of aromatic nitrogens is 4. The van der Waals surface area contributed by atoms with Crippen molar-refractivity contribution >= 4 is 16.8 Å². The Bertz CT molecular complexity index is 1290. The number of hydrogen-bond acceptors (Lipinski definition) is 3. The van der Waals surface area contributed by atoms with Crippen molar-refractivity contribution in [3.05, 3.63) is 83.6 Å². The first-order chi connectivity index (χ1) is 16.2. The van der Waals surface area contributed by atoms with Gasteiger partial charge in [0.05, 0.1) is 11.7 Å². The Balaban J connectivity index is 1.19. The molecule has 0 spiro atoms. The average molecular weight is 440 g/mol. The maximum Gasteiger partial charge on any atom is 0.254 e. The molecule has 2 bridgehead atoms. The number of nitrogens with one attached hydrogen (secondary N) is 1. The number of benzene rings is 2. The fourth-order valence-corrected chi connectivity index (χ4v) is 6.00. The lowest BCUT2D eigenvalue weighted by Crippen LogP contribution is -2.47. The summed E-state index contributed by atoms with van der Waals surface area (Å²) in [7, 11) is 0. The maximum absolute atomic E-state index is 13.8. The van der Waals surface area contributed by atoms with Crippen molar-refractivity contribution in [3.63, 3.8) is 0 Å². The van der Waals surface area contributed by atoms with Crippen molar-refractivity contribution < 1.29 is 4.79 Å². The van der Waals surface area contributed by atoms with E-state index in [0.29, 0.717) is 24.5 Å². The molecule has 33 heavy (non-hydrogen) atoms. The number of aryl methyl sites for hydroxylation is 1. The fraction of sp³-hybridized carbons (Fsp3) is 0.370. The van der Waals surface area contributed by atoms with E-state index < -0.39 is 0 Å². The van der Waals surface area contributed by atoms with Crippen LogP contribution in [0.4, 0.5) is 0 Å². The predicted octanol–water partition coefficient (Wildman–Crippen LogP) is 4.74. The predicted molar refractivity (Wildman–Crippen MR) is 128 cm³/mol. The second kappa shape index (κ2) is 8.18. The topological polar surface area (TPSA) is 66.8 Å². The molecule has 6 heteroatoms. The monoisotopic (exact) mass is 439 g/mol. The smallest absolute Gasteiger partial charge is 0.254 e. The quantitative estimate of drug-likeness (QED) is 0.488. The lowest BCUT2D eigenvalue weighted by atomic mass is 9.85. The normalized spacial score (nSPS) is 22.2. The van der Waals surface area contributed by atoms with Crippen LogP contribution >= 0.6 is 0 Å². The summed E-state index contributed by atoms with van der Waals surface area (Å²) in [5.74, 6) is 1.79. The van der Waals surface area contributed by atoms with E-state index in [1.54, 1.807) is 0 Å². The van der Waals surface area contributed by atoms with Crippen molar-refractivity contribution in [1.82, 2.24) is 24.6 Å². The maximum atomic E-state index is 13.8. The van der Waals surface area contributed by atoms with Gasteiger partial charge in [0.1, 0.15) is 5.82 Å². The van der Waals surface area contributed by atoms with Gasteiger partial charge < -0.3 is 9.47 Å². The van der Waals surface area contributed by atoms with E-state index in [1.807, 2.05) is 43.7 Å². The number of carbonyl (C=O) groups excluding carboxylic acids is 1. The zero-order chi connectivity index (χ0) is 22.4. The van der Waals surface area contributed by atoms with Gasteiger partial charge in [-0.05, 0) is 74.3 Å². The minimum absolute atomic E-state index is 0.203. The van der Waals surface area contributed by atoms with Crippen LogP contribution in [-0.2, 0) is 13.0 Å². The molecule has 0 aliphatic carbocycles. The van der Waals surface area contributed by atoms with E-state index in [-0.39, 0.29) is 5.91 Å². The van der Waals surface area contributed by atoms with Crippen molar-refractivity contribution in [2.75, 3.05) is 0 Å². The zero-order valence-electron chi connectivity index (χ0n) is 18.9. The van der Waals surface area contributed by atoms with Crippen LogP contribution < -0.4 is 0 Å². The highest BCUT2D eigenvalue weighted by Gasteiger charge is 2.43. The molecule has 1 amide bonds. The molecule has 168 valence electrons. The molecule has 2 fully saturated rings. The Morgan fingerprint density at radius 3 is 2.73 bits per heavy atom. The third-order valence-electron chi connectivity index (χ3n) is 7.61. The summed E-state index contributed by atoms with van der Waals surface area (Å²) in [5, 5.41) is 8.35. The largest absolute Gasteiger partial charge is 0.333 e. The fourth-order valence-electron chi connectivity index (χ4n) is 6.00. The van der Waals surface area contributed by atoms with Crippen LogP contribution in [0.2, 0.25) is 0 Å². The lowest BCUT2D eigenvalue weighted by Gasteiger charge is -2.39. The van der Waals surface area contributed by atoms with Gasteiger partial charge in [0.25, 0.3) is 5.91 Å². The van der Waals surface area contributed by atoms with E-state index in [9.17, 15) is 4.79 Å². The van der Waals surface area contributed by atoms with Gasteiger partial charge >= 0.3 is 0 Å². The Morgan fingerprint density at radius 2 is 1.94 bits per heavy atom. The average Bonchev–Trinajstić information content (AvgIpc) is 3.52. The highest BCUT2D eigenvalue weighted by molar-refractivity contribution is 5.96. The summed E-state index contributed by atoms with van der Waals surface area (Å²) < 4.78 is 2.10. The summed E-state index contributed by atoms with van der Waals surface area (Å²) in [6, 6.07) is 15.4. The molecule has 0 saturated carbocycles. The Kier molecular flexibility index (Phi) is 5.01. The first kappa shape index (κ1) is 20.2. The Morgan fingerprint density at radius 1 is 1.12 bits per heavy atom. The standard InChI is InChI=1S/C27H29N5O/c1-18-28-10-11-31(18)17-21-4-2-3-5-25(21)27(33)32-23-7-8-24(32)15-20(14-23)12-19-6-9-26-22(13-19)16-29-30-26/h2-6,9-11,13,16,20,23-24H,7-8,12,14-15,17H2,1H3,(H,29,30)/t23-,24-/m0/s1. The Hall–Kier alpha value is -3.41. The minimum Gasteiger partial charge on any atom is -0.333 e. The molecule has 2 atom stereocenters. The van der Waals surface area contributed by atoms with Crippen LogP contribution in [0.15, 0.2) is 61.1 Å². The number of piperidine rings is 1. The van der Waals surface area contributed by atoms with Crippen LogP contribution in [0.25, 0.3) is 10.9 Å². The lowest BCUT2D eigenvalue weighted by molar-refractivity contribution is 0.0523. The molecule has 2 saturated heterocycles. The van der Waals surface area contributed by atoms with Gasteiger partial charge in [-0.15, -0.1) is 0 Å². The zero-order valence-corrected chi connectivity index (χ0v) is 18.9. The molecule has 2 aromatic heterocycles. The molecule has 6 rings (SSSR count). The number of carbonyl (C=O) groups is 1. The second-order valence-electron chi connectivity index (χ2n) is 9.69. The van der Waals surface area contributed by atoms with E-state index in [2.05, 4.69) is 48.9 Å². The van der Waals surface area contributed by atoms with Gasteiger partial charge in [0.15, 0.2) is 0 Å². The van der Waals surface area contributed by atoms with E-state index in [0.717, 1.165) is 54.6 Å². The summed E-state index contributed by atoms with van der Waals surface area (Å²) in [6.07, 6.45) is 11.2. The van der Waals surface area contributed by atoms with Crippen molar-refractivity contribution in [3.8, 4) is 0 Å². The molecule has 2 aliphatic rings. The van der Waals surface area contributed by atoms with E-state index in [4.69, 9.17) is 0 Å². The van der Waals surface area contributed by atoms with Crippen LogP contribution in [0.5, 0.6) is 0 Å². The molecule has 2 aliphatic heterocycles. The van der Waals surface area contributed by atoms with Gasteiger partial charge in [0.2, 0.25) is 0 Å². The molecule has 6 nitrogen and oxygen atoms in total. The first-order valence-corrected chi connectivity index (χ1v) is 12.0. The Labute approximate surface area is 193 Å². The number of imidazole rings is 1. The van der Waals surface area contributed by atoms with Crippen molar-refractivity contribution in [2.45, 2.75) is 57.7 Å². The van der Waals surface area contributed by atoms with Crippen LogP contribution in [-0.4, -0.2) is 42.6 Å². The molecule has 4 heterocycles. The molecule has 4 aromatic rings. The van der Waals surface area contributed by atoms with Gasteiger partial charge in [-0.1, -0.05) is 24.3 Å². The third kappa shape index (κ3) is 3.73. The van der Waals surface area contributed by atoms with E-state index in [1.165, 1.54) is 10.9 Å². The first-order valence-electron chi connectivity index (χ1n) is 12.0. The number of aromatic amines is 1. The number of fused-ring (bicyclic) bond motifs is 3. The number of nitrogens with zero attached hydrogens (tertiary/aromatic N) is 4. The third-order valence-corrected chi connectivity index (χ3v) is 7.61. The number of amides is 1. The van der Waals surface area contributed by atoms with E-state index >= 15 is 0 Å². The van der Waals surface area contributed by atoms with Gasteiger partial charge in [0, 0.05) is 42.0 Å². The summed E-state index contributed by atoms with van der Waals surface area (Å²) in [5.41, 5.74) is 4.36. The number of H-pyrrole nitrogens is 1. The van der Waals surface area contributed by atoms with Crippen LogP contribution in [0.3, 0.4) is 0 Å². The minimum atomic E-state index is 0.203. The molecular formula is C27H29N5O. The summed E-state index contributed by atoms with van der Waals surface area (Å²) >= 11 is 0. The highest BCUT2D eigenvalue weighted by atomic mass is 16.2. The molecule has 1 N–H and O–H groups in total. The van der Waals surface area contributed by atoms with Gasteiger partial charge in [-0.3, -0.25) is 9.89 Å². The van der Waals surface area contributed by atoms with Crippen LogP contribution in [0, 0.1) is 12.8 Å². The molecule has 0 unspecified atom stereocenters. The number of rotatable bonds is 5. The summed E-state index contributed by atoms with van der Waals surface area (Å²) in [4.78, 5) is 20.3. The highest BCUT2D eigenvalue weighted by Crippen LogP contribution is 2.41. The van der Waals surface area contributed by atoms with Crippen LogP contribution in [0.1, 0.15) is 53.0 Å². The molecular weight excluding hydrogens is 410 g/mol. The van der Waals surface area contributed by atoms with Crippen molar-refractivity contribution in [2.24, 2.45) is 5.92 Å². The van der Waals surface area contributed by atoms with Gasteiger partial charge in [-0.25, -0.2) is 4.98 Å². The SMILES string of the molecule is Cc1nccn1Cc1ccccc1C(=O)N1[C@H]2CC[C@H]1CC(Cc1ccc3[nH]ncc3c1)C2. The molecule has 2 aromatic carbocycles. The summed E-state index contributed by atoms with van der Waals surface area (Å²) in [6.45, 7) is 2.68. The molecule has 0 radical (unpaired) electrons. The number of hydrogen-bond donors (Lipinski definition) is 1. The van der Waals surface area contributed by atoms with Crippen molar-refractivity contribution in [1.29, 1.82) is 0 Å². The second-order valence-corrected chi connectivity index (χ2v) is 9.69.